The number of ketones is 1. The largest absolute Gasteiger partial charge is 0.444 e. The molecule has 1 amide bonds. The first kappa shape index (κ1) is 22.1. The predicted molar refractivity (Wildman–Crippen MR) is 123 cm³/mol. The zero-order chi connectivity index (χ0) is 22.9. The zero-order valence-electron chi connectivity index (χ0n) is 18.2. The number of nitrogens with zero attached hydrogens (tertiary/aromatic N) is 2. The van der Waals surface area contributed by atoms with E-state index in [1.165, 1.54) is 6.33 Å². The Labute approximate surface area is 191 Å². The van der Waals surface area contributed by atoms with Crippen molar-refractivity contribution in [2.75, 3.05) is 5.32 Å². The summed E-state index contributed by atoms with van der Waals surface area (Å²) in [5.41, 5.74) is 0.913. The fourth-order valence-corrected chi connectivity index (χ4v) is 4.17. The summed E-state index contributed by atoms with van der Waals surface area (Å²) in [4.78, 5) is 37.0. The Morgan fingerprint density at radius 2 is 1.88 bits per heavy atom. The SMILES string of the molecule is CC(C)(C)OC(=O)N[C@H]1CC[C@@H](Nc2ncnc3[nH]cc(C(=O)c4ccccc4Cl)c23)C1. The second-order valence-electron chi connectivity index (χ2n) is 8.95. The maximum absolute atomic E-state index is 13.2. The van der Waals surface area contributed by atoms with Crippen molar-refractivity contribution in [3.05, 3.63) is 52.9 Å². The lowest BCUT2D eigenvalue weighted by molar-refractivity contribution is 0.0505. The smallest absolute Gasteiger partial charge is 0.407 e. The molecule has 9 heteroatoms. The molecule has 0 bridgehead atoms. The van der Waals surface area contributed by atoms with Gasteiger partial charge in [-0.05, 0) is 52.2 Å². The Balaban J connectivity index is 1.51. The molecular formula is C23H26ClN5O3. The van der Waals surface area contributed by atoms with E-state index in [0.29, 0.717) is 33.0 Å². The third kappa shape index (κ3) is 4.85. The molecule has 2 heterocycles. The van der Waals surface area contributed by atoms with E-state index in [1.54, 1.807) is 30.5 Å². The number of fused-ring (bicyclic) bond motifs is 1. The van der Waals surface area contributed by atoms with Gasteiger partial charge in [-0.1, -0.05) is 23.7 Å². The van der Waals surface area contributed by atoms with Crippen molar-refractivity contribution in [1.82, 2.24) is 20.3 Å². The zero-order valence-corrected chi connectivity index (χ0v) is 19.0. The number of H-pyrrole nitrogens is 1. The van der Waals surface area contributed by atoms with Crippen LogP contribution in [0.1, 0.15) is 56.0 Å². The number of carbonyl (C=O) groups is 2. The van der Waals surface area contributed by atoms with Gasteiger partial charge in [-0.2, -0.15) is 0 Å². The van der Waals surface area contributed by atoms with E-state index < -0.39 is 11.7 Å². The van der Waals surface area contributed by atoms with Crippen molar-refractivity contribution in [1.29, 1.82) is 0 Å². The summed E-state index contributed by atoms with van der Waals surface area (Å²) in [6, 6.07) is 7.05. The highest BCUT2D eigenvalue weighted by Gasteiger charge is 2.29. The predicted octanol–water partition coefficient (Wildman–Crippen LogP) is 4.70. The van der Waals surface area contributed by atoms with Crippen LogP contribution in [-0.2, 0) is 4.74 Å². The Hall–Kier alpha value is -3.13. The average Bonchev–Trinajstić information content (AvgIpc) is 3.34. The molecule has 1 fully saturated rings. The molecule has 1 aliphatic rings. The number of ether oxygens (including phenoxy) is 1. The number of aromatic amines is 1. The van der Waals surface area contributed by atoms with Crippen LogP contribution >= 0.6 is 11.6 Å². The lowest BCUT2D eigenvalue weighted by atomic mass is 10.0. The van der Waals surface area contributed by atoms with E-state index in [0.717, 1.165) is 19.3 Å². The normalized spacial score (nSPS) is 18.5. The molecule has 0 spiro atoms. The van der Waals surface area contributed by atoms with Crippen LogP contribution in [0.5, 0.6) is 0 Å². The molecule has 2 aromatic heterocycles. The number of halogens is 1. The van der Waals surface area contributed by atoms with Crippen molar-refractivity contribution in [2.24, 2.45) is 0 Å². The fraction of sp³-hybridized carbons (Fsp3) is 0.391. The van der Waals surface area contributed by atoms with Gasteiger partial charge in [0.15, 0.2) is 5.78 Å². The third-order valence-electron chi connectivity index (χ3n) is 5.33. The number of nitrogens with one attached hydrogen (secondary N) is 3. The molecule has 3 aromatic rings. The molecule has 1 saturated carbocycles. The Morgan fingerprint density at radius 3 is 2.62 bits per heavy atom. The summed E-state index contributed by atoms with van der Waals surface area (Å²) >= 11 is 6.24. The number of alkyl carbamates (subject to hydrolysis) is 1. The van der Waals surface area contributed by atoms with Crippen LogP contribution in [0, 0.1) is 0 Å². The van der Waals surface area contributed by atoms with Crippen LogP contribution in [0.25, 0.3) is 11.0 Å². The summed E-state index contributed by atoms with van der Waals surface area (Å²) in [6.07, 6.45) is 5.08. The van der Waals surface area contributed by atoms with Gasteiger partial charge in [0.2, 0.25) is 0 Å². The molecule has 0 saturated heterocycles. The molecule has 2 atom stereocenters. The Morgan fingerprint density at radius 1 is 1.12 bits per heavy atom. The minimum Gasteiger partial charge on any atom is -0.444 e. The van der Waals surface area contributed by atoms with Crippen LogP contribution in [0.15, 0.2) is 36.8 Å². The number of anilines is 1. The molecule has 0 radical (unpaired) electrons. The van der Waals surface area contributed by atoms with Crippen molar-refractivity contribution in [3.63, 3.8) is 0 Å². The van der Waals surface area contributed by atoms with E-state index in [-0.39, 0.29) is 17.9 Å². The second kappa shape index (κ2) is 8.78. The van der Waals surface area contributed by atoms with Crippen molar-refractivity contribution < 1.29 is 14.3 Å². The van der Waals surface area contributed by atoms with Crippen LogP contribution in [0.3, 0.4) is 0 Å². The summed E-state index contributed by atoms with van der Waals surface area (Å²) in [5, 5.41) is 7.39. The van der Waals surface area contributed by atoms with Gasteiger partial charge in [-0.25, -0.2) is 14.8 Å². The summed E-state index contributed by atoms with van der Waals surface area (Å²) < 4.78 is 5.35. The topological polar surface area (TPSA) is 109 Å². The van der Waals surface area contributed by atoms with Gasteiger partial charge in [0.25, 0.3) is 0 Å². The molecule has 32 heavy (non-hydrogen) atoms. The number of hydrogen-bond donors (Lipinski definition) is 3. The summed E-state index contributed by atoms with van der Waals surface area (Å²) in [7, 11) is 0. The van der Waals surface area contributed by atoms with Gasteiger partial charge in [-0.3, -0.25) is 4.79 Å². The molecule has 168 valence electrons. The van der Waals surface area contributed by atoms with Gasteiger partial charge in [-0.15, -0.1) is 0 Å². The Kier molecular flexibility index (Phi) is 6.06. The van der Waals surface area contributed by atoms with Gasteiger partial charge in [0.05, 0.1) is 16.0 Å². The lowest BCUT2D eigenvalue weighted by Crippen LogP contribution is -2.38. The maximum atomic E-state index is 13.2. The van der Waals surface area contributed by atoms with Gasteiger partial charge >= 0.3 is 6.09 Å². The standard InChI is InChI=1S/C23H26ClN5O3/c1-23(2,3)32-22(31)29-14-9-8-13(10-14)28-21-18-16(11-25-20(18)26-12-27-21)19(30)15-6-4-5-7-17(15)24/h4-7,11-14H,8-10H2,1-3H3,(H,29,31)(H2,25,26,27,28)/t13-,14+/m1/s1. The number of amides is 1. The number of benzene rings is 1. The number of aromatic nitrogens is 3. The van der Waals surface area contributed by atoms with Crippen molar-refractivity contribution in [2.45, 2.75) is 57.7 Å². The third-order valence-corrected chi connectivity index (χ3v) is 5.66. The van der Waals surface area contributed by atoms with E-state index in [4.69, 9.17) is 16.3 Å². The number of carbonyl (C=O) groups excluding carboxylic acids is 2. The number of rotatable bonds is 5. The molecule has 4 rings (SSSR count). The highest BCUT2D eigenvalue weighted by molar-refractivity contribution is 6.35. The molecule has 3 N–H and O–H groups in total. The Bertz CT molecular complexity index is 1150. The minimum absolute atomic E-state index is 0.00938. The van der Waals surface area contributed by atoms with E-state index in [1.807, 2.05) is 20.8 Å². The van der Waals surface area contributed by atoms with Crippen molar-refractivity contribution in [3.8, 4) is 0 Å². The lowest BCUT2D eigenvalue weighted by Gasteiger charge is -2.22. The van der Waals surface area contributed by atoms with Crippen LogP contribution in [0.4, 0.5) is 10.6 Å². The molecule has 1 aliphatic carbocycles. The molecule has 8 nitrogen and oxygen atoms in total. The minimum atomic E-state index is -0.536. The molecular weight excluding hydrogens is 430 g/mol. The highest BCUT2D eigenvalue weighted by Crippen LogP contribution is 2.30. The van der Waals surface area contributed by atoms with E-state index >= 15 is 0 Å². The highest BCUT2D eigenvalue weighted by atomic mass is 35.5. The first-order valence-electron chi connectivity index (χ1n) is 10.6. The van der Waals surface area contributed by atoms with Gasteiger partial charge in [0.1, 0.15) is 23.4 Å². The van der Waals surface area contributed by atoms with Crippen LogP contribution in [0.2, 0.25) is 5.02 Å². The van der Waals surface area contributed by atoms with E-state index in [9.17, 15) is 9.59 Å². The van der Waals surface area contributed by atoms with E-state index in [2.05, 4.69) is 25.6 Å². The van der Waals surface area contributed by atoms with Crippen LogP contribution < -0.4 is 10.6 Å². The fourth-order valence-electron chi connectivity index (χ4n) is 3.95. The molecule has 0 unspecified atom stereocenters. The first-order valence-corrected chi connectivity index (χ1v) is 11.0. The monoisotopic (exact) mass is 455 g/mol. The summed E-state index contributed by atoms with van der Waals surface area (Å²) in [5.74, 6) is 0.380. The molecule has 0 aliphatic heterocycles. The maximum Gasteiger partial charge on any atom is 0.407 e. The number of hydrogen-bond acceptors (Lipinski definition) is 6. The van der Waals surface area contributed by atoms with Gasteiger partial charge < -0.3 is 20.4 Å². The first-order chi connectivity index (χ1) is 15.2. The van der Waals surface area contributed by atoms with Gasteiger partial charge in [0, 0.05) is 23.8 Å². The quantitative estimate of drug-likeness (QED) is 0.481. The van der Waals surface area contributed by atoms with Crippen LogP contribution in [-0.4, -0.2) is 44.5 Å². The average molecular weight is 456 g/mol. The molecule has 1 aromatic carbocycles. The van der Waals surface area contributed by atoms with Crippen molar-refractivity contribution >= 4 is 40.3 Å². The second-order valence-corrected chi connectivity index (χ2v) is 9.36. The summed E-state index contributed by atoms with van der Waals surface area (Å²) in [6.45, 7) is 5.51.